The molecule has 3 rings (SSSR count). The fraction of sp³-hybridized carbons (Fsp3) is 0.182. The molecule has 1 heterocycles. The summed E-state index contributed by atoms with van der Waals surface area (Å²) in [6.45, 7) is 11.3. The van der Waals surface area contributed by atoms with Crippen LogP contribution >= 0.6 is 0 Å². The number of rotatable bonds is 5. The Morgan fingerprint density at radius 3 is 1.87 bits per heavy atom. The molecule has 0 aliphatic heterocycles. The molecule has 0 saturated heterocycles. The van der Waals surface area contributed by atoms with E-state index in [0.717, 1.165) is 0 Å². The van der Waals surface area contributed by atoms with Gasteiger partial charge in [-0.05, 0) is 45.0 Å². The number of esters is 2. The number of benzene rings is 2. The highest BCUT2D eigenvalue weighted by molar-refractivity contribution is 6.09. The van der Waals surface area contributed by atoms with Gasteiger partial charge in [-0.2, -0.15) is 0 Å². The lowest BCUT2D eigenvalue weighted by Gasteiger charge is -2.13. The predicted octanol–water partition coefficient (Wildman–Crippen LogP) is 5.76. The molecule has 31 heavy (non-hydrogen) atoms. The van der Waals surface area contributed by atoms with Crippen molar-refractivity contribution in [3.63, 3.8) is 0 Å². The van der Waals surface area contributed by atoms with Gasteiger partial charge in [0.05, 0.1) is 0 Å². The number of halogens is 3. The zero-order valence-electron chi connectivity index (χ0n) is 16.8. The molecule has 3 aromatic rings. The van der Waals surface area contributed by atoms with Crippen LogP contribution in [0.15, 0.2) is 53.0 Å². The number of carbonyl (C=O) groups excluding carboxylic acids is 2. The number of fused-ring (bicyclic) bond motifs is 3. The molecule has 162 valence electrons. The summed E-state index contributed by atoms with van der Waals surface area (Å²) in [5, 5.41) is 0.734. The largest absolute Gasteiger partial charge is 0.573 e. The van der Waals surface area contributed by atoms with Crippen LogP contribution in [0.2, 0.25) is 0 Å². The number of hydrogen-bond donors (Lipinski definition) is 0. The molecule has 0 fully saturated rings. The number of furan rings is 1. The zero-order chi connectivity index (χ0) is 23.1. The molecule has 0 radical (unpaired) electrons. The molecule has 0 spiro atoms. The lowest BCUT2D eigenvalue weighted by atomic mass is 10.1. The first-order valence-corrected chi connectivity index (χ1v) is 8.89. The van der Waals surface area contributed by atoms with E-state index in [1.165, 1.54) is 38.1 Å². The minimum Gasteiger partial charge on any atom is -0.452 e. The molecule has 2 aromatic carbocycles. The van der Waals surface area contributed by atoms with Gasteiger partial charge in [-0.3, -0.25) is 0 Å². The standard InChI is InChI=1S/C22H17F3O6/c1-10(2)20(26)28-15-8-6-13-14-7-9-16(29-21(27)11(3)4)19(31-22(23,24)25)18(14)30-17(13)12(15)5/h6-9H,1,3H2,2,4-5H3. The summed E-state index contributed by atoms with van der Waals surface area (Å²) in [5.74, 6) is -2.72. The van der Waals surface area contributed by atoms with Crippen molar-refractivity contribution in [3.8, 4) is 17.2 Å². The number of ether oxygens (including phenoxy) is 3. The van der Waals surface area contributed by atoms with Gasteiger partial charge in [0, 0.05) is 27.5 Å². The SMILES string of the molecule is C=C(C)C(=O)Oc1ccc2c(oc3c(OC(F)(F)F)c(OC(=O)C(=C)C)ccc32)c1C. The second-order valence-electron chi connectivity index (χ2n) is 6.82. The van der Waals surface area contributed by atoms with Gasteiger partial charge in [-0.15, -0.1) is 13.2 Å². The third-order valence-corrected chi connectivity index (χ3v) is 4.25. The molecular weight excluding hydrogens is 417 g/mol. The minimum atomic E-state index is -5.07. The van der Waals surface area contributed by atoms with Crippen molar-refractivity contribution in [2.45, 2.75) is 27.1 Å². The quantitative estimate of drug-likeness (QED) is 0.289. The molecule has 0 saturated carbocycles. The van der Waals surface area contributed by atoms with Gasteiger partial charge in [0.25, 0.3) is 0 Å². The lowest BCUT2D eigenvalue weighted by Crippen LogP contribution is -2.18. The van der Waals surface area contributed by atoms with Crippen LogP contribution < -0.4 is 14.2 Å². The smallest absolute Gasteiger partial charge is 0.452 e. The van der Waals surface area contributed by atoms with Gasteiger partial charge in [-0.25, -0.2) is 9.59 Å². The number of aryl methyl sites for hydroxylation is 1. The molecule has 0 atom stereocenters. The second-order valence-corrected chi connectivity index (χ2v) is 6.82. The molecule has 0 N–H and O–H groups in total. The Hall–Kier alpha value is -3.75. The van der Waals surface area contributed by atoms with Gasteiger partial charge in [0.1, 0.15) is 11.3 Å². The molecule has 0 bridgehead atoms. The first-order valence-electron chi connectivity index (χ1n) is 8.89. The van der Waals surface area contributed by atoms with Crippen LogP contribution in [-0.4, -0.2) is 18.3 Å². The van der Waals surface area contributed by atoms with Crippen LogP contribution in [0, 0.1) is 6.92 Å². The summed E-state index contributed by atoms with van der Waals surface area (Å²) < 4.78 is 59.2. The minimum absolute atomic E-state index is 0.0116. The Morgan fingerprint density at radius 1 is 0.871 bits per heavy atom. The van der Waals surface area contributed by atoms with E-state index in [9.17, 15) is 22.8 Å². The Bertz CT molecular complexity index is 1250. The molecule has 0 amide bonds. The van der Waals surface area contributed by atoms with Gasteiger partial charge in [-0.1, -0.05) is 13.2 Å². The highest BCUT2D eigenvalue weighted by Crippen LogP contribution is 2.45. The fourth-order valence-electron chi connectivity index (χ4n) is 2.75. The Balaban J connectivity index is 2.23. The van der Waals surface area contributed by atoms with Gasteiger partial charge in [0.2, 0.25) is 5.75 Å². The Kier molecular flexibility index (Phi) is 5.54. The van der Waals surface area contributed by atoms with Crippen molar-refractivity contribution >= 4 is 33.9 Å². The maximum absolute atomic E-state index is 13.1. The predicted molar refractivity (Wildman–Crippen MR) is 106 cm³/mol. The van der Waals surface area contributed by atoms with E-state index in [0.29, 0.717) is 10.9 Å². The van der Waals surface area contributed by atoms with Crippen LogP contribution in [0.25, 0.3) is 21.9 Å². The van der Waals surface area contributed by atoms with Crippen LogP contribution in [-0.2, 0) is 9.59 Å². The van der Waals surface area contributed by atoms with Crippen molar-refractivity contribution in [3.05, 3.63) is 54.1 Å². The third kappa shape index (κ3) is 4.40. The van der Waals surface area contributed by atoms with Crippen molar-refractivity contribution in [1.82, 2.24) is 0 Å². The van der Waals surface area contributed by atoms with Crippen molar-refractivity contribution in [2.24, 2.45) is 0 Å². The molecule has 0 aliphatic rings. The van der Waals surface area contributed by atoms with E-state index in [1.54, 1.807) is 6.92 Å². The lowest BCUT2D eigenvalue weighted by molar-refractivity contribution is -0.274. The highest BCUT2D eigenvalue weighted by atomic mass is 19.4. The molecule has 1 aromatic heterocycles. The van der Waals surface area contributed by atoms with Gasteiger partial charge < -0.3 is 18.6 Å². The molecule has 0 unspecified atom stereocenters. The number of alkyl halides is 3. The fourth-order valence-corrected chi connectivity index (χ4v) is 2.75. The maximum atomic E-state index is 13.1. The average Bonchev–Trinajstić information content (AvgIpc) is 3.04. The topological polar surface area (TPSA) is 75.0 Å². The van der Waals surface area contributed by atoms with Crippen molar-refractivity contribution in [1.29, 1.82) is 0 Å². The molecule has 6 nitrogen and oxygen atoms in total. The van der Waals surface area contributed by atoms with E-state index >= 15 is 0 Å². The van der Waals surface area contributed by atoms with Crippen LogP contribution in [0.3, 0.4) is 0 Å². The second kappa shape index (κ2) is 7.82. The summed E-state index contributed by atoms with van der Waals surface area (Å²) in [6.07, 6.45) is -5.07. The summed E-state index contributed by atoms with van der Waals surface area (Å²) in [5.41, 5.74) is 0.432. The van der Waals surface area contributed by atoms with Crippen LogP contribution in [0.5, 0.6) is 17.2 Å². The summed E-state index contributed by atoms with van der Waals surface area (Å²) in [4.78, 5) is 23.7. The Morgan fingerprint density at radius 2 is 1.35 bits per heavy atom. The summed E-state index contributed by atoms with van der Waals surface area (Å²) in [6, 6.07) is 5.63. The van der Waals surface area contributed by atoms with Crippen LogP contribution in [0.1, 0.15) is 19.4 Å². The van der Waals surface area contributed by atoms with Crippen molar-refractivity contribution < 1.29 is 41.4 Å². The van der Waals surface area contributed by atoms with Crippen LogP contribution in [0.4, 0.5) is 13.2 Å². The van der Waals surface area contributed by atoms with Crippen molar-refractivity contribution in [2.75, 3.05) is 0 Å². The first-order chi connectivity index (χ1) is 14.4. The van der Waals surface area contributed by atoms with E-state index in [1.807, 2.05) is 0 Å². The number of hydrogen-bond acceptors (Lipinski definition) is 6. The molecule has 0 aliphatic carbocycles. The monoisotopic (exact) mass is 434 g/mol. The first kappa shape index (κ1) is 21.9. The average molecular weight is 434 g/mol. The van der Waals surface area contributed by atoms with E-state index in [2.05, 4.69) is 17.9 Å². The highest BCUT2D eigenvalue weighted by Gasteiger charge is 2.35. The third-order valence-electron chi connectivity index (χ3n) is 4.25. The van der Waals surface area contributed by atoms with Gasteiger partial charge in [0.15, 0.2) is 11.3 Å². The van der Waals surface area contributed by atoms with Gasteiger partial charge >= 0.3 is 18.3 Å². The zero-order valence-corrected chi connectivity index (χ0v) is 16.8. The molecular formula is C22H17F3O6. The molecule has 9 heteroatoms. The summed E-state index contributed by atoms with van der Waals surface area (Å²) >= 11 is 0. The Labute approximate surface area is 174 Å². The summed E-state index contributed by atoms with van der Waals surface area (Å²) in [7, 11) is 0. The van der Waals surface area contributed by atoms with E-state index < -0.39 is 29.8 Å². The maximum Gasteiger partial charge on any atom is 0.573 e. The number of carbonyl (C=O) groups is 2. The normalized spacial score (nSPS) is 11.4. The van der Waals surface area contributed by atoms with E-state index in [4.69, 9.17) is 13.9 Å². The van der Waals surface area contributed by atoms with E-state index in [-0.39, 0.29) is 33.4 Å².